The van der Waals surface area contributed by atoms with Crippen LogP contribution in [0.4, 0.5) is 0 Å². The first-order chi connectivity index (χ1) is 10.2. The summed E-state index contributed by atoms with van der Waals surface area (Å²) in [7, 11) is 1.73. The van der Waals surface area contributed by atoms with Gasteiger partial charge in [0.15, 0.2) is 0 Å². The molecule has 0 atom stereocenters. The molecule has 0 spiro atoms. The molecule has 0 heterocycles. The van der Waals surface area contributed by atoms with Crippen molar-refractivity contribution in [3.05, 3.63) is 29.8 Å². The van der Waals surface area contributed by atoms with Gasteiger partial charge in [0.25, 0.3) is 0 Å². The van der Waals surface area contributed by atoms with Crippen molar-refractivity contribution < 1.29 is 4.74 Å². The molecule has 1 aromatic rings. The van der Waals surface area contributed by atoms with Crippen LogP contribution in [0, 0.1) is 0 Å². The molecule has 3 heteroatoms. The number of ether oxygens (including phenoxy) is 1. The fourth-order valence-corrected chi connectivity index (χ4v) is 3.60. The second-order valence-electron chi connectivity index (χ2n) is 6.26. The number of hydrogen-bond acceptors (Lipinski definition) is 3. The van der Waals surface area contributed by atoms with Crippen LogP contribution in [0.3, 0.4) is 0 Å². The van der Waals surface area contributed by atoms with Crippen LogP contribution in [0.15, 0.2) is 24.3 Å². The first-order valence-corrected chi connectivity index (χ1v) is 8.32. The summed E-state index contributed by atoms with van der Waals surface area (Å²) in [5, 5.41) is 0. The minimum absolute atomic E-state index is 0.206. The van der Waals surface area contributed by atoms with Gasteiger partial charge in [-0.05, 0) is 43.5 Å². The number of rotatable bonds is 7. The van der Waals surface area contributed by atoms with E-state index in [1.54, 1.807) is 7.11 Å². The van der Waals surface area contributed by atoms with E-state index in [1.807, 2.05) is 6.07 Å². The summed E-state index contributed by atoms with van der Waals surface area (Å²) in [6.07, 6.45) is 7.65. The zero-order chi connectivity index (χ0) is 15.1. The summed E-state index contributed by atoms with van der Waals surface area (Å²) >= 11 is 0. The predicted octanol–water partition coefficient (Wildman–Crippen LogP) is 3.57. The molecule has 1 saturated carbocycles. The van der Waals surface area contributed by atoms with Crippen molar-refractivity contribution in [1.82, 2.24) is 4.90 Å². The lowest BCUT2D eigenvalue weighted by atomic mass is 9.80. The molecule has 0 amide bonds. The van der Waals surface area contributed by atoms with E-state index in [1.165, 1.54) is 44.1 Å². The van der Waals surface area contributed by atoms with Crippen LogP contribution in [0.1, 0.15) is 51.0 Å². The Morgan fingerprint density at radius 1 is 1.24 bits per heavy atom. The molecule has 2 rings (SSSR count). The highest BCUT2D eigenvalue weighted by atomic mass is 16.5. The Hall–Kier alpha value is -1.06. The van der Waals surface area contributed by atoms with Crippen molar-refractivity contribution in [1.29, 1.82) is 0 Å². The average molecular weight is 290 g/mol. The molecular formula is C18H30N2O. The Morgan fingerprint density at radius 2 is 2.00 bits per heavy atom. The summed E-state index contributed by atoms with van der Waals surface area (Å²) in [4.78, 5) is 2.63. The summed E-state index contributed by atoms with van der Waals surface area (Å²) in [5.74, 6) is 0.939. The largest absolute Gasteiger partial charge is 0.497 e. The molecule has 0 aliphatic heterocycles. The second-order valence-corrected chi connectivity index (χ2v) is 6.26. The van der Waals surface area contributed by atoms with Crippen LogP contribution >= 0.6 is 0 Å². The SMILES string of the molecule is CCCN(Cc1cccc(OC)c1)C1(CN)CCCCC1. The molecule has 0 saturated heterocycles. The van der Waals surface area contributed by atoms with Crippen molar-refractivity contribution in [2.75, 3.05) is 20.2 Å². The summed E-state index contributed by atoms with van der Waals surface area (Å²) in [6.45, 7) is 5.12. The second kappa shape index (κ2) is 7.81. The Kier molecular flexibility index (Phi) is 6.07. The van der Waals surface area contributed by atoms with E-state index in [0.29, 0.717) is 0 Å². The Morgan fingerprint density at radius 3 is 2.62 bits per heavy atom. The van der Waals surface area contributed by atoms with Crippen LogP contribution in [-0.4, -0.2) is 30.6 Å². The standard InChI is InChI=1S/C18H30N2O/c1-3-12-20(18(15-19)10-5-4-6-11-18)14-16-8-7-9-17(13-16)21-2/h7-9,13H,3-6,10-12,14-15,19H2,1-2H3. The zero-order valence-electron chi connectivity index (χ0n) is 13.6. The number of nitrogens with two attached hydrogens (primary N) is 1. The first-order valence-electron chi connectivity index (χ1n) is 8.32. The maximum atomic E-state index is 6.21. The van der Waals surface area contributed by atoms with Gasteiger partial charge in [0.1, 0.15) is 5.75 Å². The van der Waals surface area contributed by atoms with Crippen LogP contribution in [0.25, 0.3) is 0 Å². The maximum Gasteiger partial charge on any atom is 0.119 e. The number of nitrogens with zero attached hydrogens (tertiary/aromatic N) is 1. The van der Waals surface area contributed by atoms with Gasteiger partial charge < -0.3 is 10.5 Å². The van der Waals surface area contributed by atoms with Crippen LogP contribution in [0.2, 0.25) is 0 Å². The third-order valence-electron chi connectivity index (χ3n) is 4.84. The molecule has 118 valence electrons. The van der Waals surface area contributed by atoms with Crippen LogP contribution < -0.4 is 10.5 Å². The molecule has 0 bridgehead atoms. The lowest BCUT2D eigenvalue weighted by Crippen LogP contribution is -2.54. The molecular weight excluding hydrogens is 260 g/mol. The fourth-order valence-electron chi connectivity index (χ4n) is 3.60. The molecule has 21 heavy (non-hydrogen) atoms. The van der Waals surface area contributed by atoms with E-state index in [9.17, 15) is 0 Å². The van der Waals surface area contributed by atoms with Crippen LogP contribution in [0.5, 0.6) is 5.75 Å². The van der Waals surface area contributed by atoms with Crippen molar-refractivity contribution in [2.45, 2.75) is 57.5 Å². The van der Waals surface area contributed by atoms with E-state index in [4.69, 9.17) is 10.5 Å². The fraction of sp³-hybridized carbons (Fsp3) is 0.667. The highest BCUT2D eigenvalue weighted by Crippen LogP contribution is 2.34. The van der Waals surface area contributed by atoms with E-state index >= 15 is 0 Å². The van der Waals surface area contributed by atoms with E-state index in [2.05, 4.69) is 30.0 Å². The number of benzene rings is 1. The molecule has 1 aliphatic rings. The summed E-state index contributed by atoms with van der Waals surface area (Å²) in [5.41, 5.74) is 7.74. The normalized spacial score (nSPS) is 17.9. The Labute approximate surface area is 129 Å². The van der Waals surface area contributed by atoms with Gasteiger partial charge in [-0.1, -0.05) is 38.3 Å². The van der Waals surface area contributed by atoms with Crippen molar-refractivity contribution in [3.8, 4) is 5.75 Å². The summed E-state index contributed by atoms with van der Waals surface area (Å²) in [6, 6.07) is 8.43. The van der Waals surface area contributed by atoms with E-state index < -0.39 is 0 Å². The molecule has 1 fully saturated rings. The molecule has 0 unspecified atom stereocenters. The number of methoxy groups -OCH3 is 1. The van der Waals surface area contributed by atoms with Crippen molar-refractivity contribution >= 4 is 0 Å². The van der Waals surface area contributed by atoms with Gasteiger partial charge in [0, 0.05) is 18.6 Å². The number of hydrogen-bond donors (Lipinski definition) is 1. The Balaban J connectivity index is 2.16. The van der Waals surface area contributed by atoms with Gasteiger partial charge in [-0.3, -0.25) is 4.90 Å². The highest BCUT2D eigenvalue weighted by molar-refractivity contribution is 5.28. The van der Waals surface area contributed by atoms with Gasteiger partial charge in [-0.2, -0.15) is 0 Å². The minimum Gasteiger partial charge on any atom is -0.497 e. The smallest absolute Gasteiger partial charge is 0.119 e. The van der Waals surface area contributed by atoms with Crippen LogP contribution in [-0.2, 0) is 6.54 Å². The third-order valence-corrected chi connectivity index (χ3v) is 4.84. The monoisotopic (exact) mass is 290 g/mol. The van der Waals surface area contributed by atoms with Gasteiger partial charge >= 0.3 is 0 Å². The molecule has 2 N–H and O–H groups in total. The topological polar surface area (TPSA) is 38.5 Å². The van der Waals surface area contributed by atoms with Gasteiger partial charge in [0.2, 0.25) is 0 Å². The lowest BCUT2D eigenvalue weighted by Gasteiger charge is -2.46. The molecule has 1 aromatic carbocycles. The van der Waals surface area contributed by atoms with Gasteiger partial charge in [0.05, 0.1) is 7.11 Å². The van der Waals surface area contributed by atoms with Gasteiger partial charge in [-0.15, -0.1) is 0 Å². The molecule has 3 nitrogen and oxygen atoms in total. The van der Waals surface area contributed by atoms with Crippen molar-refractivity contribution in [3.63, 3.8) is 0 Å². The zero-order valence-corrected chi connectivity index (χ0v) is 13.6. The maximum absolute atomic E-state index is 6.21. The van der Waals surface area contributed by atoms with E-state index in [-0.39, 0.29) is 5.54 Å². The first kappa shape index (κ1) is 16.3. The Bertz CT molecular complexity index is 427. The molecule has 0 radical (unpaired) electrons. The third kappa shape index (κ3) is 3.98. The quantitative estimate of drug-likeness (QED) is 0.834. The van der Waals surface area contributed by atoms with E-state index in [0.717, 1.165) is 25.4 Å². The molecule has 0 aromatic heterocycles. The van der Waals surface area contributed by atoms with Crippen molar-refractivity contribution in [2.24, 2.45) is 5.73 Å². The lowest BCUT2D eigenvalue weighted by molar-refractivity contribution is 0.0494. The highest BCUT2D eigenvalue weighted by Gasteiger charge is 2.36. The molecule has 1 aliphatic carbocycles. The summed E-state index contributed by atoms with van der Waals surface area (Å²) < 4.78 is 5.35. The average Bonchev–Trinajstić information content (AvgIpc) is 2.55. The predicted molar refractivity (Wildman–Crippen MR) is 88.6 cm³/mol. The minimum atomic E-state index is 0.206. The van der Waals surface area contributed by atoms with Gasteiger partial charge in [-0.25, -0.2) is 0 Å².